The van der Waals surface area contributed by atoms with Gasteiger partial charge in [-0.25, -0.2) is 0 Å². The van der Waals surface area contributed by atoms with Crippen LogP contribution in [0.4, 0.5) is 5.69 Å². The highest BCUT2D eigenvalue weighted by atomic mass is 127. The van der Waals surface area contributed by atoms with Crippen LogP contribution in [-0.2, 0) is 9.59 Å². The van der Waals surface area contributed by atoms with E-state index in [1.165, 1.54) is 0 Å². The Morgan fingerprint density at radius 1 is 1.10 bits per heavy atom. The van der Waals surface area contributed by atoms with Crippen molar-refractivity contribution in [1.29, 1.82) is 0 Å². The fourth-order valence-corrected chi connectivity index (χ4v) is 2.03. The van der Waals surface area contributed by atoms with E-state index in [4.69, 9.17) is 0 Å². The quantitative estimate of drug-likeness (QED) is 0.575. The molecule has 5 nitrogen and oxygen atoms in total. The van der Waals surface area contributed by atoms with Gasteiger partial charge in [-0.15, -0.1) is 0 Å². The van der Waals surface area contributed by atoms with Crippen molar-refractivity contribution in [3.63, 3.8) is 0 Å². The molecule has 6 heteroatoms. The standard InChI is InChI=1S/C14H20IN3O2/c1-3-18(4-2)10-9-16-13(19)14(20)17-12-7-5-11(15)6-8-12/h5-8H,3-4,9-10H2,1-2H3,(H,16,19)(H,17,20). The normalized spacial score (nSPS) is 10.4. The fraction of sp³-hybridized carbons (Fsp3) is 0.429. The molecule has 1 aromatic rings. The summed E-state index contributed by atoms with van der Waals surface area (Å²) in [6.07, 6.45) is 0. The topological polar surface area (TPSA) is 61.4 Å². The van der Waals surface area contributed by atoms with Gasteiger partial charge >= 0.3 is 11.8 Å². The number of hydrogen-bond acceptors (Lipinski definition) is 3. The summed E-state index contributed by atoms with van der Waals surface area (Å²) < 4.78 is 1.07. The van der Waals surface area contributed by atoms with E-state index in [-0.39, 0.29) is 0 Å². The lowest BCUT2D eigenvalue weighted by molar-refractivity contribution is -0.136. The lowest BCUT2D eigenvalue weighted by Gasteiger charge is -2.17. The first kappa shape index (κ1) is 16.9. The van der Waals surface area contributed by atoms with Crippen molar-refractivity contribution in [2.75, 3.05) is 31.5 Å². The van der Waals surface area contributed by atoms with Crippen molar-refractivity contribution in [1.82, 2.24) is 10.2 Å². The molecule has 0 atom stereocenters. The Morgan fingerprint density at radius 3 is 2.25 bits per heavy atom. The number of nitrogens with one attached hydrogen (secondary N) is 2. The van der Waals surface area contributed by atoms with E-state index in [0.717, 1.165) is 23.2 Å². The second-order valence-electron chi connectivity index (χ2n) is 4.24. The van der Waals surface area contributed by atoms with Crippen LogP contribution in [0.25, 0.3) is 0 Å². The van der Waals surface area contributed by atoms with E-state index in [1.807, 2.05) is 12.1 Å². The number of halogens is 1. The highest BCUT2D eigenvalue weighted by molar-refractivity contribution is 14.1. The number of hydrogen-bond donors (Lipinski definition) is 2. The van der Waals surface area contributed by atoms with Gasteiger partial charge in [0.25, 0.3) is 0 Å². The van der Waals surface area contributed by atoms with Gasteiger partial charge in [-0.2, -0.15) is 0 Å². The second-order valence-corrected chi connectivity index (χ2v) is 5.49. The molecule has 1 rings (SSSR count). The molecule has 0 heterocycles. The van der Waals surface area contributed by atoms with Crippen molar-refractivity contribution in [2.24, 2.45) is 0 Å². The van der Waals surface area contributed by atoms with Gasteiger partial charge in [-0.3, -0.25) is 9.59 Å². The van der Waals surface area contributed by atoms with Crippen molar-refractivity contribution in [3.05, 3.63) is 27.8 Å². The van der Waals surface area contributed by atoms with Crippen LogP contribution in [0.3, 0.4) is 0 Å². The van der Waals surface area contributed by atoms with Gasteiger partial charge in [0.2, 0.25) is 0 Å². The van der Waals surface area contributed by atoms with E-state index >= 15 is 0 Å². The number of anilines is 1. The van der Waals surface area contributed by atoms with Crippen LogP contribution in [-0.4, -0.2) is 42.9 Å². The molecular weight excluding hydrogens is 369 g/mol. The monoisotopic (exact) mass is 389 g/mol. The van der Waals surface area contributed by atoms with Gasteiger partial charge in [0.15, 0.2) is 0 Å². The predicted molar refractivity (Wildman–Crippen MR) is 88.6 cm³/mol. The summed E-state index contributed by atoms with van der Waals surface area (Å²) in [5.74, 6) is -1.23. The molecule has 2 N–H and O–H groups in total. The summed E-state index contributed by atoms with van der Waals surface area (Å²) in [6, 6.07) is 7.27. The molecule has 0 unspecified atom stereocenters. The van der Waals surface area contributed by atoms with E-state index < -0.39 is 11.8 Å². The molecule has 0 aromatic heterocycles. The SMILES string of the molecule is CCN(CC)CCNC(=O)C(=O)Nc1ccc(I)cc1. The third-order valence-corrected chi connectivity index (χ3v) is 3.64. The van der Waals surface area contributed by atoms with Crippen LogP contribution in [0, 0.1) is 3.57 Å². The highest BCUT2D eigenvalue weighted by Gasteiger charge is 2.13. The van der Waals surface area contributed by atoms with Crippen LogP contribution >= 0.6 is 22.6 Å². The molecule has 0 radical (unpaired) electrons. The number of amides is 2. The van der Waals surface area contributed by atoms with Gasteiger partial charge in [-0.1, -0.05) is 13.8 Å². The van der Waals surface area contributed by atoms with Crippen molar-refractivity contribution < 1.29 is 9.59 Å². The largest absolute Gasteiger partial charge is 0.347 e. The van der Waals surface area contributed by atoms with Gasteiger partial charge < -0.3 is 15.5 Å². The number of carbonyl (C=O) groups is 2. The molecule has 20 heavy (non-hydrogen) atoms. The number of rotatable bonds is 6. The first-order valence-electron chi connectivity index (χ1n) is 6.64. The summed E-state index contributed by atoms with van der Waals surface area (Å²) in [5.41, 5.74) is 0.620. The first-order chi connectivity index (χ1) is 9.56. The number of nitrogens with zero attached hydrogens (tertiary/aromatic N) is 1. The zero-order valence-corrected chi connectivity index (χ0v) is 13.9. The summed E-state index contributed by atoms with van der Waals surface area (Å²) in [4.78, 5) is 25.5. The van der Waals surface area contributed by atoms with Gasteiger partial charge in [0.05, 0.1) is 0 Å². The molecule has 1 aromatic carbocycles. The Morgan fingerprint density at radius 2 is 1.70 bits per heavy atom. The summed E-state index contributed by atoms with van der Waals surface area (Å²) in [6.45, 7) is 7.21. The Hall–Kier alpha value is -1.15. The molecule has 0 fully saturated rings. The maximum atomic E-state index is 11.7. The highest BCUT2D eigenvalue weighted by Crippen LogP contribution is 2.10. The van der Waals surface area contributed by atoms with E-state index in [2.05, 4.69) is 52.0 Å². The molecule has 0 aliphatic heterocycles. The second kappa shape index (κ2) is 8.91. The van der Waals surface area contributed by atoms with Gasteiger partial charge in [0, 0.05) is 22.3 Å². The zero-order chi connectivity index (χ0) is 15.0. The Kier molecular flexibility index (Phi) is 7.53. The molecule has 0 bridgehead atoms. The van der Waals surface area contributed by atoms with Crippen molar-refractivity contribution in [3.8, 4) is 0 Å². The summed E-state index contributed by atoms with van der Waals surface area (Å²) in [7, 11) is 0. The fourth-order valence-electron chi connectivity index (χ4n) is 1.67. The van der Waals surface area contributed by atoms with Gasteiger partial charge in [-0.05, 0) is 59.9 Å². The zero-order valence-electron chi connectivity index (χ0n) is 11.8. The van der Waals surface area contributed by atoms with Crippen LogP contribution in [0.15, 0.2) is 24.3 Å². The Labute approximate surface area is 133 Å². The van der Waals surface area contributed by atoms with Crippen LogP contribution < -0.4 is 10.6 Å². The van der Waals surface area contributed by atoms with Crippen LogP contribution in [0.5, 0.6) is 0 Å². The van der Waals surface area contributed by atoms with Crippen molar-refractivity contribution >= 4 is 40.1 Å². The molecule has 0 spiro atoms. The van der Waals surface area contributed by atoms with Gasteiger partial charge in [0.1, 0.15) is 0 Å². The third-order valence-electron chi connectivity index (χ3n) is 2.92. The van der Waals surface area contributed by atoms with E-state index in [0.29, 0.717) is 12.2 Å². The number of benzene rings is 1. The first-order valence-corrected chi connectivity index (χ1v) is 7.71. The van der Waals surface area contributed by atoms with Crippen LogP contribution in [0.1, 0.15) is 13.8 Å². The maximum Gasteiger partial charge on any atom is 0.313 e. The summed E-state index contributed by atoms with van der Waals surface area (Å²) in [5, 5.41) is 5.19. The molecular formula is C14H20IN3O2. The third kappa shape index (κ3) is 5.87. The molecule has 0 aliphatic rings. The summed E-state index contributed by atoms with van der Waals surface area (Å²) >= 11 is 2.18. The van der Waals surface area contributed by atoms with E-state index in [9.17, 15) is 9.59 Å². The minimum absolute atomic E-state index is 0.473. The lowest BCUT2D eigenvalue weighted by atomic mass is 10.3. The van der Waals surface area contributed by atoms with Crippen molar-refractivity contribution in [2.45, 2.75) is 13.8 Å². The predicted octanol–water partition coefficient (Wildman–Crippen LogP) is 1.69. The van der Waals surface area contributed by atoms with E-state index in [1.54, 1.807) is 12.1 Å². The smallest absolute Gasteiger partial charge is 0.313 e. The van der Waals surface area contributed by atoms with Crippen LogP contribution in [0.2, 0.25) is 0 Å². The molecule has 2 amide bonds. The molecule has 110 valence electrons. The average Bonchev–Trinajstić information content (AvgIpc) is 2.45. The Balaban J connectivity index is 2.36. The average molecular weight is 389 g/mol. The Bertz CT molecular complexity index is 444. The maximum absolute atomic E-state index is 11.7. The minimum atomic E-state index is -0.634. The molecule has 0 saturated carbocycles. The number of likely N-dealkylation sites (N-methyl/N-ethyl adjacent to an activating group) is 1. The minimum Gasteiger partial charge on any atom is -0.347 e. The molecule has 0 aliphatic carbocycles. The molecule has 0 saturated heterocycles. The lowest BCUT2D eigenvalue weighted by Crippen LogP contribution is -2.40. The number of carbonyl (C=O) groups excluding carboxylic acids is 2.